The first-order chi connectivity index (χ1) is 37.3. The SMILES string of the molecule is O=S(=O)(c1ccc2c(c1)-c1cc3[nH]c(cc4nc(cc5[nH]c(cc-2n1)c1cc(S(=O)(=O)n2ccc6ccccc62)ccc51)-c1cc(S(=O)(=O)n2ccc5ccccc52)ccc1-4)c1cc(I)ccc31)n1ccc2ccccc21. The molecule has 0 spiro atoms. The minimum Gasteiger partial charge on any atom is -0.354 e. The molecule has 17 heteroatoms. The first kappa shape index (κ1) is 45.7. The van der Waals surface area contributed by atoms with Gasteiger partial charge in [0.15, 0.2) is 0 Å². The lowest BCUT2D eigenvalue weighted by atomic mass is 10.0. The lowest BCUT2D eigenvalue weighted by molar-refractivity contribution is 0.587. The molecule has 2 aliphatic rings. The van der Waals surface area contributed by atoms with Crippen molar-refractivity contribution in [1.82, 2.24) is 31.9 Å². The highest BCUT2D eigenvalue weighted by Crippen LogP contribution is 2.43. The Kier molecular flexibility index (Phi) is 9.77. The molecule has 0 aliphatic carbocycles. The average molecular weight is 1170 g/mol. The quantitative estimate of drug-likeness (QED) is 0.155. The van der Waals surface area contributed by atoms with Gasteiger partial charge in [-0.2, -0.15) is 0 Å². The molecule has 2 N–H and O–H groups in total. The monoisotopic (exact) mass is 1170 g/mol. The Bertz CT molecular complexity index is 5210. The highest BCUT2D eigenvalue weighted by Gasteiger charge is 2.28. The first-order valence-corrected chi connectivity index (χ1v) is 29.7. The average Bonchev–Trinajstić information content (AvgIpc) is 4.42. The van der Waals surface area contributed by atoms with E-state index in [0.29, 0.717) is 88.9 Å². The van der Waals surface area contributed by atoms with Crippen molar-refractivity contribution in [1.29, 1.82) is 0 Å². The van der Waals surface area contributed by atoms with Gasteiger partial charge in [0, 0.05) is 104 Å². The van der Waals surface area contributed by atoms with E-state index in [9.17, 15) is 25.3 Å². The number of benzene rings is 7. The van der Waals surface area contributed by atoms with Gasteiger partial charge in [-0.15, -0.1) is 0 Å². The molecule has 0 unspecified atom stereocenters. The molecular formula is C60H36IN7O6S3. The molecule has 372 valence electrons. The van der Waals surface area contributed by atoms with Crippen molar-refractivity contribution in [3.05, 3.63) is 210 Å². The minimum absolute atomic E-state index is 0.0455. The van der Waals surface area contributed by atoms with Crippen LogP contribution in [-0.4, -0.2) is 57.1 Å². The van der Waals surface area contributed by atoms with E-state index in [2.05, 4.69) is 38.6 Å². The summed E-state index contributed by atoms with van der Waals surface area (Å²) in [4.78, 5) is 18.0. The van der Waals surface area contributed by atoms with Gasteiger partial charge in [0.25, 0.3) is 30.1 Å². The second kappa shape index (κ2) is 16.4. The summed E-state index contributed by atoms with van der Waals surface area (Å²) in [6, 6.07) is 56.0. The smallest absolute Gasteiger partial charge is 0.268 e. The number of nitrogens with one attached hydrogen (secondary N) is 2. The van der Waals surface area contributed by atoms with Gasteiger partial charge >= 0.3 is 0 Å². The first-order valence-electron chi connectivity index (χ1n) is 24.3. The number of H-pyrrole nitrogens is 2. The molecule has 7 aromatic carbocycles. The van der Waals surface area contributed by atoms with Gasteiger partial charge < -0.3 is 9.97 Å². The van der Waals surface area contributed by atoms with E-state index in [1.165, 1.54) is 11.9 Å². The predicted molar refractivity (Wildman–Crippen MR) is 311 cm³/mol. The van der Waals surface area contributed by atoms with Crippen LogP contribution in [0, 0.1) is 3.57 Å². The molecule has 0 saturated carbocycles. The van der Waals surface area contributed by atoms with Gasteiger partial charge in [0.1, 0.15) is 0 Å². The number of aromatic nitrogens is 7. The Morgan fingerprint density at radius 1 is 0.338 bits per heavy atom. The van der Waals surface area contributed by atoms with Crippen LogP contribution < -0.4 is 0 Å². The minimum atomic E-state index is -4.14. The van der Waals surface area contributed by atoms with Gasteiger partial charge in [-0.3, -0.25) is 0 Å². The molecular weight excluding hydrogens is 1140 g/mol. The van der Waals surface area contributed by atoms with Crippen molar-refractivity contribution < 1.29 is 25.3 Å². The maximum atomic E-state index is 14.7. The molecule has 0 radical (unpaired) electrons. The third-order valence-corrected chi connectivity index (χ3v) is 20.5. The van der Waals surface area contributed by atoms with Crippen LogP contribution >= 0.6 is 22.6 Å². The van der Waals surface area contributed by atoms with Crippen molar-refractivity contribution in [2.45, 2.75) is 14.7 Å². The van der Waals surface area contributed by atoms with E-state index in [-0.39, 0.29) is 14.7 Å². The summed E-state index contributed by atoms with van der Waals surface area (Å²) in [5.74, 6) is 0. The van der Waals surface area contributed by atoms with Gasteiger partial charge in [-0.25, -0.2) is 47.1 Å². The van der Waals surface area contributed by atoms with Crippen LogP contribution in [0.3, 0.4) is 0 Å². The highest BCUT2D eigenvalue weighted by molar-refractivity contribution is 14.1. The fourth-order valence-electron chi connectivity index (χ4n) is 11.0. The molecule has 2 aliphatic heterocycles. The van der Waals surface area contributed by atoms with Crippen molar-refractivity contribution >= 4 is 129 Å². The number of fused-ring (bicyclic) bond motifs is 23. The van der Waals surface area contributed by atoms with Gasteiger partial charge in [-0.05, 0) is 132 Å². The number of hydrogen-bond donors (Lipinski definition) is 2. The molecule has 15 rings (SSSR count). The standard InChI is InChI=1S/C60H36IN7O6S3/c61-38-13-17-42-46(27-38)54-31-51-43-18-14-39(75(69,70)66-24-21-35-7-1-4-10-58(35)66)28-47(43)56(63-51)33-53-45-20-16-41(77(73,74)68-26-23-37-9-3-6-12-60(37)68)30-49(45)57(65-53)34-52-44-19-15-40(29-48(44)55(64-52)32-50(42)62-54)76(71,72)67-25-22-36-8-2-5-11-59(36)67/h1-34,62,65H. The largest absolute Gasteiger partial charge is 0.354 e. The zero-order valence-electron chi connectivity index (χ0n) is 39.9. The number of nitrogens with zero attached hydrogens (tertiary/aromatic N) is 5. The topological polar surface area (TPSA) is 175 Å². The van der Waals surface area contributed by atoms with E-state index < -0.39 is 30.1 Å². The van der Waals surface area contributed by atoms with E-state index in [1.54, 1.807) is 116 Å². The van der Waals surface area contributed by atoms with Gasteiger partial charge in [-0.1, -0.05) is 78.9 Å². The lowest BCUT2D eigenvalue weighted by Gasteiger charge is -2.09. The summed E-state index contributed by atoms with van der Waals surface area (Å²) in [7, 11) is -12.3. The Morgan fingerprint density at radius 2 is 0.688 bits per heavy atom. The van der Waals surface area contributed by atoms with Crippen molar-refractivity contribution in [3.8, 4) is 45.0 Å². The van der Waals surface area contributed by atoms with Crippen LogP contribution in [0.1, 0.15) is 0 Å². The molecule has 8 bridgehead atoms. The summed E-state index contributed by atoms with van der Waals surface area (Å²) in [6.45, 7) is 0. The lowest BCUT2D eigenvalue weighted by Crippen LogP contribution is -2.11. The van der Waals surface area contributed by atoms with E-state index in [1.807, 2.05) is 84.9 Å². The third kappa shape index (κ3) is 6.96. The van der Waals surface area contributed by atoms with Gasteiger partial charge in [0.05, 0.1) is 54.0 Å². The predicted octanol–water partition coefficient (Wildman–Crippen LogP) is 13.5. The van der Waals surface area contributed by atoms with Crippen molar-refractivity contribution in [2.24, 2.45) is 0 Å². The normalized spacial score (nSPS) is 12.8. The van der Waals surface area contributed by atoms with E-state index >= 15 is 0 Å². The second-order valence-corrected chi connectivity index (χ2v) is 25.8. The van der Waals surface area contributed by atoms with Gasteiger partial charge in [0.2, 0.25) is 0 Å². The zero-order valence-corrected chi connectivity index (χ0v) is 44.5. The molecule has 0 amide bonds. The molecule has 0 atom stereocenters. The number of rotatable bonds is 6. The molecule has 77 heavy (non-hydrogen) atoms. The maximum absolute atomic E-state index is 14.7. The second-order valence-electron chi connectivity index (χ2n) is 19.1. The number of halogens is 1. The van der Waals surface area contributed by atoms with Crippen LogP contribution in [0.15, 0.2) is 221 Å². The van der Waals surface area contributed by atoms with Crippen molar-refractivity contribution in [3.63, 3.8) is 0 Å². The molecule has 0 saturated heterocycles. The summed E-state index contributed by atoms with van der Waals surface area (Å²) >= 11 is 2.29. The van der Waals surface area contributed by atoms with Crippen LogP contribution in [0.25, 0.3) is 121 Å². The Labute approximate surface area is 452 Å². The van der Waals surface area contributed by atoms with Crippen LogP contribution in [-0.2, 0) is 30.1 Å². The van der Waals surface area contributed by atoms with E-state index in [4.69, 9.17) is 9.97 Å². The zero-order chi connectivity index (χ0) is 52.1. The molecule has 8 heterocycles. The maximum Gasteiger partial charge on any atom is 0.268 e. The fourth-order valence-corrected chi connectivity index (χ4v) is 15.6. The van der Waals surface area contributed by atoms with Crippen LogP contribution in [0.2, 0.25) is 0 Å². The number of aromatic amines is 2. The van der Waals surface area contributed by atoms with E-state index in [0.717, 1.165) is 36.0 Å². The Balaban J connectivity index is 1.02. The summed E-state index contributed by atoms with van der Waals surface area (Å²) in [5.41, 5.74) is 8.71. The number of para-hydroxylation sites is 3. The Morgan fingerprint density at radius 3 is 1.13 bits per heavy atom. The molecule has 0 fully saturated rings. The molecule has 13 aromatic rings. The molecule has 13 nitrogen and oxygen atoms in total. The van der Waals surface area contributed by atoms with Crippen LogP contribution in [0.5, 0.6) is 0 Å². The summed E-state index contributed by atoms with van der Waals surface area (Å²) in [5, 5.41) is 5.34. The highest BCUT2D eigenvalue weighted by atomic mass is 127. The van der Waals surface area contributed by atoms with Crippen LogP contribution in [0.4, 0.5) is 0 Å². The number of hydrogen-bond acceptors (Lipinski definition) is 8. The summed E-state index contributed by atoms with van der Waals surface area (Å²) < 4.78 is 92.5. The third-order valence-electron chi connectivity index (χ3n) is 14.7. The summed E-state index contributed by atoms with van der Waals surface area (Å²) in [6.07, 6.45) is 4.68. The molecule has 6 aromatic heterocycles. The van der Waals surface area contributed by atoms with Crippen molar-refractivity contribution in [2.75, 3.05) is 0 Å². The Hall–Kier alpha value is -8.62. The fraction of sp³-hybridized carbons (Fsp3) is 0.